The molecule has 17 heavy (non-hydrogen) atoms. The van der Waals surface area contributed by atoms with Gasteiger partial charge in [-0.15, -0.1) is 0 Å². The number of carbonyl (C=O) groups is 1. The normalized spacial score (nSPS) is 20.4. The third kappa shape index (κ3) is 2.34. The molecule has 1 aromatic rings. The lowest BCUT2D eigenvalue weighted by Crippen LogP contribution is -2.36. The van der Waals surface area contributed by atoms with Crippen molar-refractivity contribution in [3.8, 4) is 0 Å². The number of carbonyl (C=O) groups excluding carboxylic acids is 1. The minimum absolute atomic E-state index is 0.309. The Balaban J connectivity index is 1.72. The van der Waals surface area contributed by atoms with Crippen LogP contribution in [-0.4, -0.2) is 32.1 Å². The molecule has 0 atom stereocenters. The van der Waals surface area contributed by atoms with Crippen LogP contribution in [0.1, 0.15) is 23.2 Å². The molecular weight excluding hydrogens is 214 g/mol. The fourth-order valence-corrected chi connectivity index (χ4v) is 2.24. The van der Waals surface area contributed by atoms with Crippen molar-refractivity contribution >= 4 is 11.5 Å². The number of anilines is 1. The van der Waals surface area contributed by atoms with E-state index in [1.807, 2.05) is 12.1 Å². The van der Waals surface area contributed by atoms with Crippen molar-refractivity contribution in [2.24, 2.45) is 5.92 Å². The highest BCUT2D eigenvalue weighted by Crippen LogP contribution is 2.33. The first-order chi connectivity index (χ1) is 8.34. The monoisotopic (exact) mass is 231 g/mol. The van der Waals surface area contributed by atoms with Gasteiger partial charge in [-0.2, -0.15) is 0 Å². The first kappa shape index (κ1) is 10.8. The Morgan fingerprint density at radius 3 is 2.35 bits per heavy atom. The lowest BCUT2D eigenvalue weighted by Gasteiger charge is -2.28. The van der Waals surface area contributed by atoms with Gasteiger partial charge in [0.15, 0.2) is 5.78 Å². The van der Waals surface area contributed by atoms with Crippen molar-refractivity contribution in [3.05, 3.63) is 29.8 Å². The number of ether oxygens (including phenoxy) is 1. The van der Waals surface area contributed by atoms with E-state index in [1.54, 1.807) is 0 Å². The van der Waals surface area contributed by atoms with Crippen LogP contribution in [0.2, 0.25) is 0 Å². The maximum Gasteiger partial charge on any atom is 0.165 e. The first-order valence-electron chi connectivity index (χ1n) is 6.31. The molecule has 0 radical (unpaired) electrons. The van der Waals surface area contributed by atoms with Gasteiger partial charge in [0, 0.05) is 30.3 Å². The molecule has 2 aliphatic rings. The zero-order valence-corrected chi connectivity index (χ0v) is 9.89. The summed E-state index contributed by atoms with van der Waals surface area (Å²) >= 11 is 0. The van der Waals surface area contributed by atoms with Crippen LogP contribution in [-0.2, 0) is 4.74 Å². The Hall–Kier alpha value is -1.35. The zero-order valence-electron chi connectivity index (χ0n) is 9.89. The number of rotatable bonds is 3. The molecule has 1 aliphatic carbocycles. The first-order valence-corrected chi connectivity index (χ1v) is 6.31. The van der Waals surface area contributed by atoms with Gasteiger partial charge in [-0.3, -0.25) is 4.79 Å². The second-order valence-electron chi connectivity index (χ2n) is 4.78. The summed E-state index contributed by atoms with van der Waals surface area (Å²) in [5.74, 6) is 0.628. The van der Waals surface area contributed by atoms with Crippen molar-refractivity contribution in [2.45, 2.75) is 12.8 Å². The lowest BCUT2D eigenvalue weighted by molar-refractivity contribution is 0.0967. The number of morpholine rings is 1. The summed E-state index contributed by atoms with van der Waals surface area (Å²) < 4.78 is 5.33. The van der Waals surface area contributed by atoms with Gasteiger partial charge in [-0.1, -0.05) is 0 Å². The molecule has 90 valence electrons. The fraction of sp³-hybridized carbons (Fsp3) is 0.500. The molecule has 3 rings (SSSR count). The van der Waals surface area contributed by atoms with E-state index < -0.39 is 0 Å². The standard InChI is InChI=1S/C14H17NO2/c16-14(11-1-2-11)12-3-5-13(6-4-12)15-7-9-17-10-8-15/h3-6,11H,1-2,7-10H2. The predicted octanol–water partition coefficient (Wildman–Crippen LogP) is 2.12. The van der Waals surface area contributed by atoms with Crippen molar-refractivity contribution in [1.29, 1.82) is 0 Å². The molecule has 1 heterocycles. The second-order valence-corrected chi connectivity index (χ2v) is 4.78. The van der Waals surface area contributed by atoms with Gasteiger partial charge in [0.25, 0.3) is 0 Å². The van der Waals surface area contributed by atoms with Gasteiger partial charge in [0.05, 0.1) is 13.2 Å². The van der Waals surface area contributed by atoms with E-state index in [4.69, 9.17) is 4.74 Å². The molecule has 0 amide bonds. The van der Waals surface area contributed by atoms with Crippen LogP contribution in [0.4, 0.5) is 5.69 Å². The summed E-state index contributed by atoms with van der Waals surface area (Å²) in [6.45, 7) is 3.47. The van der Waals surface area contributed by atoms with E-state index in [1.165, 1.54) is 5.69 Å². The Morgan fingerprint density at radius 1 is 1.12 bits per heavy atom. The minimum Gasteiger partial charge on any atom is -0.378 e. The quantitative estimate of drug-likeness (QED) is 0.746. The van der Waals surface area contributed by atoms with E-state index in [9.17, 15) is 4.79 Å². The number of hydrogen-bond acceptors (Lipinski definition) is 3. The molecule has 0 N–H and O–H groups in total. The highest BCUT2D eigenvalue weighted by molar-refractivity contribution is 5.99. The molecule has 1 saturated heterocycles. The van der Waals surface area contributed by atoms with Gasteiger partial charge in [-0.05, 0) is 37.1 Å². The molecule has 0 aromatic heterocycles. The van der Waals surface area contributed by atoms with Crippen LogP contribution in [0.3, 0.4) is 0 Å². The van der Waals surface area contributed by atoms with Crippen LogP contribution < -0.4 is 4.90 Å². The summed E-state index contributed by atoms with van der Waals surface area (Å²) in [6, 6.07) is 8.04. The summed E-state index contributed by atoms with van der Waals surface area (Å²) in [5.41, 5.74) is 2.06. The van der Waals surface area contributed by atoms with E-state index >= 15 is 0 Å². The third-order valence-corrected chi connectivity index (χ3v) is 3.48. The molecule has 0 spiro atoms. The van der Waals surface area contributed by atoms with E-state index in [0.29, 0.717) is 11.7 Å². The van der Waals surface area contributed by atoms with E-state index in [0.717, 1.165) is 44.7 Å². The van der Waals surface area contributed by atoms with E-state index in [-0.39, 0.29) is 0 Å². The topological polar surface area (TPSA) is 29.5 Å². The van der Waals surface area contributed by atoms with Crippen LogP contribution >= 0.6 is 0 Å². The molecular formula is C14H17NO2. The minimum atomic E-state index is 0.309. The van der Waals surface area contributed by atoms with Gasteiger partial charge in [0.2, 0.25) is 0 Å². The van der Waals surface area contributed by atoms with Crippen LogP contribution in [0.25, 0.3) is 0 Å². The van der Waals surface area contributed by atoms with Crippen LogP contribution in [0, 0.1) is 5.92 Å². The molecule has 1 saturated carbocycles. The molecule has 3 heteroatoms. The van der Waals surface area contributed by atoms with Gasteiger partial charge >= 0.3 is 0 Å². The molecule has 0 unspecified atom stereocenters. The number of hydrogen-bond donors (Lipinski definition) is 0. The van der Waals surface area contributed by atoms with Gasteiger partial charge in [-0.25, -0.2) is 0 Å². The summed E-state index contributed by atoms with van der Waals surface area (Å²) in [7, 11) is 0. The van der Waals surface area contributed by atoms with Crippen molar-refractivity contribution in [2.75, 3.05) is 31.2 Å². The largest absolute Gasteiger partial charge is 0.378 e. The number of Topliss-reactive ketones (excluding diaryl/α,β-unsaturated/α-hetero) is 1. The lowest BCUT2D eigenvalue weighted by atomic mass is 10.1. The molecule has 1 aromatic carbocycles. The molecule has 2 fully saturated rings. The fourth-order valence-electron chi connectivity index (χ4n) is 2.24. The molecule has 0 bridgehead atoms. The summed E-state index contributed by atoms with van der Waals surface area (Å²) in [4.78, 5) is 14.2. The summed E-state index contributed by atoms with van der Waals surface area (Å²) in [5, 5.41) is 0. The number of benzene rings is 1. The Morgan fingerprint density at radius 2 is 1.76 bits per heavy atom. The Kier molecular flexibility index (Phi) is 2.85. The predicted molar refractivity (Wildman–Crippen MR) is 66.5 cm³/mol. The third-order valence-electron chi connectivity index (χ3n) is 3.48. The van der Waals surface area contributed by atoms with Gasteiger partial charge in [0.1, 0.15) is 0 Å². The highest BCUT2D eigenvalue weighted by atomic mass is 16.5. The van der Waals surface area contributed by atoms with Gasteiger partial charge < -0.3 is 9.64 Å². The van der Waals surface area contributed by atoms with Crippen molar-refractivity contribution < 1.29 is 9.53 Å². The zero-order chi connectivity index (χ0) is 11.7. The number of ketones is 1. The van der Waals surface area contributed by atoms with E-state index in [2.05, 4.69) is 17.0 Å². The average Bonchev–Trinajstić information content (AvgIpc) is 3.24. The maximum absolute atomic E-state index is 11.9. The second kappa shape index (κ2) is 4.49. The smallest absolute Gasteiger partial charge is 0.165 e. The number of nitrogens with zero attached hydrogens (tertiary/aromatic N) is 1. The maximum atomic E-state index is 11.9. The Labute approximate surface area is 101 Å². The summed E-state index contributed by atoms with van der Waals surface area (Å²) in [6.07, 6.45) is 2.15. The highest BCUT2D eigenvalue weighted by Gasteiger charge is 2.30. The SMILES string of the molecule is O=C(c1ccc(N2CCOCC2)cc1)C1CC1. The van der Waals surface area contributed by atoms with Crippen molar-refractivity contribution in [1.82, 2.24) is 0 Å². The van der Waals surface area contributed by atoms with Crippen LogP contribution in [0.15, 0.2) is 24.3 Å². The Bertz CT molecular complexity index is 403. The average molecular weight is 231 g/mol. The molecule has 3 nitrogen and oxygen atoms in total. The van der Waals surface area contributed by atoms with Crippen LogP contribution in [0.5, 0.6) is 0 Å². The van der Waals surface area contributed by atoms with Crippen molar-refractivity contribution in [3.63, 3.8) is 0 Å². The molecule has 1 aliphatic heterocycles.